The first-order chi connectivity index (χ1) is 6.93. The molecule has 102 valence electrons. The van der Waals surface area contributed by atoms with E-state index in [1.165, 1.54) is 0 Å². The molecular weight excluding hydrogens is 320 g/mol. The van der Waals surface area contributed by atoms with Crippen LogP contribution in [-0.2, 0) is 17.1 Å². The molecule has 4 N–H and O–H groups in total. The van der Waals surface area contributed by atoms with Crippen molar-refractivity contribution in [3.05, 3.63) is 0 Å². The Bertz CT molecular complexity index is 164. The van der Waals surface area contributed by atoms with Gasteiger partial charge in [-0.25, -0.2) is 0 Å². The molecule has 0 amide bonds. The fourth-order valence-electron chi connectivity index (χ4n) is 0. The zero-order chi connectivity index (χ0) is 14.3. The van der Waals surface area contributed by atoms with Crippen LogP contribution in [0.4, 0.5) is 19.2 Å². The van der Waals surface area contributed by atoms with E-state index in [1.54, 1.807) is 0 Å². The smallest absolute Gasteiger partial charge is 0.565 e. The van der Waals surface area contributed by atoms with E-state index in [1.807, 2.05) is 0 Å². The van der Waals surface area contributed by atoms with E-state index in [2.05, 4.69) is 0 Å². The third-order valence-corrected chi connectivity index (χ3v) is 0. The molecule has 0 saturated heterocycles. The predicted molar refractivity (Wildman–Crippen MR) is 37.9 cm³/mol. The van der Waals surface area contributed by atoms with Crippen LogP contribution < -0.4 is 20.4 Å². The second kappa shape index (κ2) is 29.5. The van der Waals surface area contributed by atoms with E-state index >= 15 is 0 Å². The average Bonchev–Trinajstić information content (AvgIpc) is 1.76. The van der Waals surface area contributed by atoms with Gasteiger partial charge >= 0.3 is 40.1 Å². The minimum atomic E-state index is -2.08. The van der Waals surface area contributed by atoms with Crippen LogP contribution in [0, 0.1) is 0 Å². The van der Waals surface area contributed by atoms with E-state index in [0.717, 1.165) is 0 Å². The maximum absolute atomic E-state index is 8.44. The standard InChI is InChI=1S/4CH2O3.Fe.Mg/c4*2-1(3)4;;/h4*(H2,2,3,4);;/q;;;;2*+2/p-4. The molecule has 0 aliphatic carbocycles. The number of rotatable bonds is 0. The summed E-state index contributed by atoms with van der Waals surface area (Å²) in [5.74, 6) is 0. The summed E-state index contributed by atoms with van der Waals surface area (Å²) in [5.41, 5.74) is 0. The van der Waals surface area contributed by atoms with Crippen molar-refractivity contribution in [3.8, 4) is 0 Å². The van der Waals surface area contributed by atoms with E-state index in [4.69, 9.17) is 60.0 Å². The fourth-order valence-corrected chi connectivity index (χ4v) is 0. The largest absolute Gasteiger partial charge is 2.00 e. The zero-order valence-electron chi connectivity index (χ0n) is 8.12. The summed E-state index contributed by atoms with van der Waals surface area (Å²) in [6.45, 7) is 0. The van der Waals surface area contributed by atoms with Crippen LogP contribution in [0.25, 0.3) is 0 Å². The topological polar surface area (TPSA) is 241 Å². The molecule has 12 nitrogen and oxygen atoms in total. The van der Waals surface area contributed by atoms with Crippen LogP contribution in [0.1, 0.15) is 0 Å². The van der Waals surface area contributed by atoms with E-state index in [-0.39, 0.29) is 40.1 Å². The Balaban J connectivity index is -0.0000000257. The van der Waals surface area contributed by atoms with Crippen molar-refractivity contribution >= 4 is 47.7 Å². The molecule has 0 atom stereocenters. The molecule has 0 aromatic carbocycles. The van der Waals surface area contributed by atoms with E-state index in [9.17, 15) is 0 Å². The Morgan fingerprint density at radius 1 is 0.556 bits per heavy atom. The van der Waals surface area contributed by atoms with Gasteiger partial charge in [0.15, 0.2) is 0 Å². The Labute approximate surface area is 125 Å². The second-order valence-corrected chi connectivity index (χ2v) is 1.06. The van der Waals surface area contributed by atoms with Crippen LogP contribution in [0.2, 0.25) is 0 Å². The molecule has 0 heterocycles. The van der Waals surface area contributed by atoms with Gasteiger partial charge in [-0.2, -0.15) is 0 Å². The number of carboxylic acid groups (broad SMARTS) is 8. The summed E-state index contributed by atoms with van der Waals surface area (Å²) in [6.07, 6.45) is -8.33. The predicted octanol–water partition coefficient (Wildman–Crippen LogP) is -4.83. The molecule has 0 radical (unpaired) electrons. The van der Waals surface area contributed by atoms with Crippen molar-refractivity contribution in [1.29, 1.82) is 0 Å². The van der Waals surface area contributed by atoms with Gasteiger partial charge in [0.25, 0.3) is 0 Å². The summed E-state index contributed by atoms with van der Waals surface area (Å²) in [6, 6.07) is 0. The maximum Gasteiger partial charge on any atom is 2.00 e. The van der Waals surface area contributed by atoms with Crippen molar-refractivity contribution in [2.75, 3.05) is 0 Å². The molecule has 14 heteroatoms. The van der Waals surface area contributed by atoms with Crippen LogP contribution in [0.15, 0.2) is 0 Å². The van der Waals surface area contributed by atoms with Crippen LogP contribution >= 0.6 is 0 Å². The quantitative estimate of drug-likeness (QED) is 0.306. The fraction of sp³-hybridized carbons (Fsp3) is 0. The summed E-state index contributed by atoms with van der Waals surface area (Å²) in [4.78, 5) is 33.8. The molecule has 18 heavy (non-hydrogen) atoms. The van der Waals surface area contributed by atoms with Crippen LogP contribution in [0.5, 0.6) is 0 Å². The van der Waals surface area contributed by atoms with Crippen LogP contribution in [0.3, 0.4) is 0 Å². The molecule has 0 bridgehead atoms. The maximum atomic E-state index is 8.44. The first-order valence-electron chi connectivity index (χ1n) is 2.53. The molecule has 0 saturated carbocycles. The van der Waals surface area contributed by atoms with Gasteiger partial charge < -0.3 is 60.0 Å². The molecule has 0 rings (SSSR count). The summed E-state index contributed by atoms with van der Waals surface area (Å²) < 4.78 is 0. The van der Waals surface area contributed by atoms with Gasteiger partial charge in [-0.05, 0) is 0 Å². The number of hydrogen-bond acceptors (Lipinski definition) is 8. The van der Waals surface area contributed by atoms with Crippen molar-refractivity contribution in [2.45, 2.75) is 0 Å². The Morgan fingerprint density at radius 3 is 0.556 bits per heavy atom. The van der Waals surface area contributed by atoms with Crippen molar-refractivity contribution in [1.82, 2.24) is 0 Å². The third kappa shape index (κ3) is 961. The zero-order valence-corrected chi connectivity index (χ0v) is 10.6. The van der Waals surface area contributed by atoms with E-state index < -0.39 is 24.6 Å². The average molecular weight is 324 g/mol. The molecule has 0 spiro atoms. The molecule has 0 aromatic rings. The Morgan fingerprint density at radius 2 is 0.556 bits per heavy atom. The van der Waals surface area contributed by atoms with Crippen molar-refractivity contribution < 1.29 is 77.1 Å². The first-order valence-corrected chi connectivity index (χ1v) is 2.53. The minimum absolute atomic E-state index is 0. The van der Waals surface area contributed by atoms with E-state index in [0.29, 0.717) is 0 Å². The van der Waals surface area contributed by atoms with Gasteiger partial charge in [0.05, 0.1) is 0 Å². The van der Waals surface area contributed by atoms with Crippen molar-refractivity contribution in [3.63, 3.8) is 0 Å². The van der Waals surface area contributed by atoms with Gasteiger partial charge in [-0.15, -0.1) is 0 Å². The molecule has 0 unspecified atom stereocenters. The normalized spacial score (nSPS) is 5.33. The molecule has 0 aliphatic rings. The molecule has 0 aliphatic heterocycles. The number of hydrogen-bond donors (Lipinski definition) is 4. The summed E-state index contributed by atoms with van der Waals surface area (Å²) >= 11 is 0. The van der Waals surface area contributed by atoms with Crippen molar-refractivity contribution in [2.24, 2.45) is 0 Å². The Hall–Kier alpha value is -1.63. The second-order valence-electron chi connectivity index (χ2n) is 1.06. The third-order valence-electron chi connectivity index (χ3n) is 0. The summed E-state index contributed by atoms with van der Waals surface area (Å²) in [7, 11) is 0. The van der Waals surface area contributed by atoms with Gasteiger partial charge in [0, 0.05) is 0 Å². The van der Waals surface area contributed by atoms with Crippen LogP contribution in [-0.4, -0.2) is 68.1 Å². The molecular formula is C4H4FeMgO12. The SMILES string of the molecule is O=C([O-])O.O=C([O-])O.O=C([O-])O.O=C([O-])O.[Fe+2].[Mg+2]. The van der Waals surface area contributed by atoms with Gasteiger partial charge in [0.2, 0.25) is 24.6 Å². The van der Waals surface area contributed by atoms with Gasteiger partial charge in [-0.3, -0.25) is 0 Å². The van der Waals surface area contributed by atoms with Gasteiger partial charge in [-0.1, -0.05) is 0 Å². The minimum Gasteiger partial charge on any atom is -0.565 e. The first kappa shape index (κ1) is 36.0. The number of carbonyl (C=O) groups is 4. The molecule has 0 aromatic heterocycles. The Kier molecular flexibility index (Phi) is 59.0. The van der Waals surface area contributed by atoms with Gasteiger partial charge in [0.1, 0.15) is 0 Å². The summed E-state index contributed by atoms with van der Waals surface area (Å²) in [5, 5.41) is 61.2. The monoisotopic (exact) mass is 324 g/mol. The molecule has 0 fully saturated rings.